The number of amides is 1. The van der Waals surface area contributed by atoms with Gasteiger partial charge in [0.1, 0.15) is 0 Å². The molecule has 0 radical (unpaired) electrons. The lowest BCUT2D eigenvalue weighted by Gasteiger charge is -2.28. The molecule has 0 unspecified atom stereocenters. The van der Waals surface area contributed by atoms with Gasteiger partial charge in [-0.25, -0.2) is 0 Å². The molecule has 132 valence electrons. The van der Waals surface area contributed by atoms with Crippen LogP contribution in [0.15, 0.2) is 42.7 Å². The molecular weight excluding hydrogens is 312 g/mol. The van der Waals surface area contributed by atoms with Crippen LogP contribution in [-0.2, 0) is 18.4 Å². The molecule has 2 fully saturated rings. The molecule has 5 nitrogen and oxygen atoms in total. The van der Waals surface area contributed by atoms with Gasteiger partial charge in [0.05, 0.1) is 12.7 Å². The monoisotopic (exact) mass is 338 g/mol. The lowest BCUT2D eigenvalue weighted by Crippen LogP contribution is -2.41. The van der Waals surface area contributed by atoms with E-state index in [0.29, 0.717) is 18.6 Å². The van der Waals surface area contributed by atoms with Crippen molar-refractivity contribution in [3.63, 3.8) is 0 Å². The van der Waals surface area contributed by atoms with E-state index in [0.717, 1.165) is 38.8 Å². The van der Waals surface area contributed by atoms with Crippen LogP contribution in [0.2, 0.25) is 0 Å². The fourth-order valence-electron chi connectivity index (χ4n) is 3.86. The summed E-state index contributed by atoms with van der Waals surface area (Å²) in [4.78, 5) is 17.5. The summed E-state index contributed by atoms with van der Waals surface area (Å²) in [6, 6.07) is 11.1. The molecule has 2 aromatic rings. The minimum atomic E-state index is 0.266. The summed E-state index contributed by atoms with van der Waals surface area (Å²) in [5.41, 5.74) is 2.45. The van der Waals surface area contributed by atoms with Gasteiger partial charge in [-0.05, 0) is 37.8 Å². The Labute approximate surface area is 149 Å². The van der Waals surface area contributed by atoms with E-state index in [1.165, 1.54) is 11.1 Å². The molecule has 4 rings (SSSR count). The molecule has 1 saturated heterocycles. The van der Waals surface area contributed by atoms with Crippen LogP contribution in [-0.4, -0.2) is 44.6 Å². The predicted molar refractivity (Wildman–Crippen MR) is 96.8 cm³/mol. The SMILES string of the molecule is Cn1cc([C@@H]2CCCN2CC(=O)N(Cc2ccccc2)C2CC2)cn1. The number of hydrogen-bond acceptors (Lipinski definition) is 3. The number of hydrogen-bond donors (Lipinski definition) is 0. The van der Waals surface area contributed by atoms with Gasteiger partial charge in [-0.3, -0.25) is 14.4 Å². The van der Waals surface area contributed by atoms with Gasteiger partial charge in [0.2, 0.25) is 5.91 Å². The van der Waals surface area contributed by atoms with Gasteiger partial charge in [0.25, 0.3) is 0 Å². The van der Waals surface area contributed by atoms with E-state index in [1.807, 2.05) is 36.1 Å². The fraction of sp³-hybridized carbons (Fsp3) is 0.500. The topological polar surface area (TPSA) is 41.4 Å². The van der Waals surface area contributed by atoms with E-state index < -0.39 is 0 Å². The zero-order valence-corrected chi connectivity index (χ0v) is 14.8. The minimum Gasteiger partial charge on any atom is -0.334 e. The zero-order chi connectivity index (χ0) is 17.2. The number of carbonyl (C=O) groups is 1. The molecule has 1 aromatic heterocycles. The number of aryl methyl sites for hydroxylation is 1. The second-order valence-corrected chi connectivity index (χ2v) is 7.31. The lowest BCUT2D eigenvalue weighted by molar-refractivity contribution is -0.133. The largest absolute Gasteiger partial charge is 0.334 e. The number of likely N-dealkylation sites (tertiary alicyclic amines) is 1. The van der Waals surface area contributed by atoms with Crippen molar-refractivity contribution in [3.05, 3.63) is 53.9 Å². The van der Waals surface area contributed by atoms with Crippen LogP contribution in [0.25, 0.3) is 0 Å². The lowest BCUT2D eigenvalue weighted by atomic mass is 10.1. The van der Waals surface area contributed by atoms with E-state index in [9.17, 15) is 4.79 Å². The van der Waals surface area contributed by atoms with Crippen molar-refractivity contribution in [2.75, 3.05) is 13.1 Å². The maximum absolute atomic E-state index is 13.0. The highest BCUT2D eigenvalue weighted by atomic mass is 16.2. The fourth-order valence-corrected chi connectivity index (χ4v) is 3.86. The normalized spacial score (nSPS) is 20.8. The molecule has 1 aromatic carbocycles. The van der Waals surface area contributed by atoms with Gasteiger partial charge in [0, 0.05) is 37.4 Å². The molecule has 1 aliphatic heterocycles. The van der Waals surface area contributed by atoms with Gasteiger partial charge in [-0.15, -0.1) is 0 Å². The molecule has 0 spiro atoms. The number of nitrogens with zero attached hydrogens (tertiary/aromatic N) is 4. The third-order valence-electron chi connectivity index (χ3n) is 5.32. The van der Waals surface area contributed by atoms with E-state index in [2.05, 4.69) is 33.2 Å². The maximum atomic E-state index is 13.0. The van der Waals surface area contributed by atoms with Gasteiger partial charge < -0.3 is 4.90 Å². The predicted octanol–water partition coefficient (Wildman–Crippen LogP) is 2.75. The Balaban J connectivity index is 1.44. The number of benzene rings is 1. The number of carbonyl (C=O) groups excluding carboxylic acids is 1. The van der Waals surface area contributed by atoms with Crippen LogP contribution < -0.4 is 0 Å². The van der Waals surface area contributed by atoms with Crippen molar-refractivity contribution < 1.29 is 4.79 Å². The van der Waals surface area contributed by atoms with Crippen LogP contribution in [0.5, 0.6) is 0 Å². The average Bonchev–Trinajstić information content (AvgIpc) is 3.21. The Hall–Kier alpha value is -2.14. The number of rotatable bonds is 6. The third-order valence-corrected chi connectivity index (χ3v) is 5.32. The second kappa shape index (κ2) is 7.00. The molecule has 1 amide bonds. The summed E-state index contributed by atoms with van der Waals surface area (Å²) in [5, 5.41) is 4.30. The molecule has 5 heteroatoms. The standard InChI is InChI=1S/C20H26N4O/c1-22-14-17(12-21-22)19-8-5-11-23(19)15-20(25)24(18-9-10-18)13-16-6-3-2-4-7-16/h2-4,6-7,12,14,18-19H,5,8-11,13,15H2,1H3/t19-/m0/s1. The van der Waals surface area contributed by atoms with Crippen molar-refractivity contribution in [3.8, 4) is 0 Å². The molecule has 0 bridgehead atoms. The van der Waals surface area contributed by atoms with Crippen molar-refractivity contribution in [1.82, 2.24) is 19.6 Å². The summed E-state index contributed by atoms with van der Waals surface area (Å²) < 4.78 is 1.85. The van der Waals surface area contributed by atoms with E-state index >= 15 is 0 Å². The van der Waals surface area contributed by atoms with Crippen LogP contribution in [0.1, 0.15) is 42.9 Å². The van der Waals surface area contributed by atoms with Crippen molar-refractivity contribution in [2.45, 2.75) is 44.3 Å². The molecule has 1 saturated carbocycles. The van der Waals surface area contributed by atoms with Gasteiger partial charge in [-0.1, -0.05) is 30.3 Å². The quantitative estimate of drug-likeness (QED) is 0.813. The van der Waals surface area contributed by atoms with E-state index in [1.54, 1.807) is 0 Å². The summed E-state index contributed by atoms with van der Waals surface area (Å²) in [6.45, 7) is 2.24. The molecule has 2 aliphatic rings. The van der Waals surface area contributed by atoms with Crippen molar-refractivity contribution in [1.29, 1.82) is 0 Å². The third kappa shape index (κ3) is 3.76. The smallest absolute Gasteiger partial charge is 0.237 e. The average molecular weight is 338 g/mol. The Morgan fingerprint density at radius 1 is 1.24 bits per heavy atom. The Morgan fingerprint density at radius 3 is 2.72 bits per heavy atom. The van der Waals surface area contributed by atoms with Gasteiger partial charge in [0.15, 0.2) is 0 Å². The first-order chi connectivity index (χ1) is 12.2. The molecule has 1 atom stereocenters. The highest BCUT2D eigenvalue weighted by Gasteiger charge is 2.35. The molecule has 1 aliphatic carbocycles. The molecule has 25 heavy (non-hydrogen) atoms. The first-order valence-corrected chi connectivity index (χ1v) is 9.26. The summed E-state index contributed by atoms with van der Waals surface area (Å²) in [5.74, 6) is 0.266. The molecule has 0 N–H and O–H groups in total. The van der Waals surface area contributed by atoms with Crippen LogP contribution in [0.4, 0.5) is 0 Å². The first-order valence-electron chi connectivity index (χ1n) is 9.26. The first kappa shape index (κ1) is 16.3. The van der Waals surface area contributed by atoms with Crippen molar-refractivity contribution in [2.24, 2.45) is 7.05 Å². The molecule has 2 heterocycles. The maximum Gasteiger partial charge on any atom is 0.237 e. The highest BCUT2D eigenvalue weighted by Crippen LogP contribution is 2.33. The Bertz CT molecular complexity index is 722. The summed E-state index contributed by atoms with van der Waals surface area (Å²) in [7, 11) is 1.95. The highest BCUT2D eigenvalue weighted by molar-refractivity contribution is 5.79. The number of aromatic nitrogens is 2. The van der Waals surface area contributed by atoms with Crippen LogP contribution in [0.3, 0.4) is 0 Å². The van der Waals surface area contributed by atoms with Crippen LogP contribution >= 0.6 is 0 Å². The van der Waals surface area contributed by atoms with Crippen molar-refractivity contribution >= 4 is 5.91 Å². The van der Waals surface area contributed by atoms with Gasteiger partial charge in [-0.2, -0.15) is 5.10 Å². The molecular formula is C20H26N4O. The summed E-state index contributed by atoms with van der Waals surface area (Å²) in [6.07, 6.45) is 8.57. The van der Waals surface area contributed by atoms with Gasteiger partial charge >= 0.3 is 0 Å². The Kier molecular flexibility index (Phi) is 4.57. The van der Waals surface area contributed by atoms with E-state index in [-0.39, 0.29) is 5.91 Å². The zero-order valence-electron chi connectivity index (χ0n) is 14.8. The second-order valence-electron chi connectivity index (χ2n) is 7.31. The van der Waals surface area contributed by atoms with E-state index in [4.69, 9.17) is 0 Å². The Morgan fingerprint density at radius 2 is 2.04 bits per heavy atom. The van der Waals surface area contributed by atoms with Crippen LogP contribution in [0, 0.1) is 0 Å². The summed E-state index contributed by atoms with van der Waals surface area (Å²) >= 11 is 0. The minimum absolute atomic E-state index is 0.266.